The van der Waals surface area contributed by atoms with E-state index in [0.29, 0.717) is 0 Å². The molecule has 1 aromatic rings. The molecular formula is C13H19N. The van der Waals surface area contributed by atoms with E-state index >= 15 is 0 Å². The van der Waals surface area contributed by atoms with Crippen molar-refractivity contribution in [2.75, 3.05) is 6.54 Å². The Morgan fingerprint density at radius 3 is 3.07 bits per heavy atom. The van der Waals surface area contributed by atoms with Crippen LogP contribution in [0.1, 0.15) is 30.4 Å². The van der Waals surface area contributed by atoms with E-state index in [9.17, 15) is 0 Å². The molecule has 1 N–H and O–H groups in total. The molecule has 14 heavy (non-hydrogen) atoms. The van der Waals surface area contributed by atoms with Crippen molar-refractivity contribution >= 4 is 0 Å². The maximum Gasteiger partial charge on any atom is 0.00707 e. The van der Waals surface area contributed by atoms with E-state index in [1.165, 1.54) is 43.4 Å². The maximum atomic E-state index is 3.54. The monoisotopic (exact) mass is 189 g/mol. The van der Waals surface area contributed by atoms with Crippen LogP contribution in [-0.2, 0) is 6.42 Å². The average Bonchev–Trinajstić information content (AvgIpc) is 2.67. The Morgan fingerprint density at radius 1 is 1.43 bits per heavy atom. The second-order valence-electron chi connectivity index (χ2n) is 4.32. The number of rotatable bonds is 3. The fraction of sp³-hybridized carbons (Fsp3) is 0.538. The van der Waals surface area contributed by atoms with Crippen LogP contribution in [0.25, 0.3) is 0 Å². The van der Waals surface area contributed by atoms with Crippen LogP contribution in [0.3, 0.4) is 0 Å². The van der Waals surface area contributed by atoms with Gasteiger partial charge in [0.2, 0.25) is 0 Å². The Kier molecular flexibility index (Phi) is 3.20. The Labute approximate surface area is 86.5 Å². The highest BCUT2D eigenvalue weighted by Gasteiger charge is 2.13. The lowest BCUT2D eigenvalue weighted by Crippen LogP contribution is -2.21. The van der Waals surface area contributed by atoms with Gasteiger partial charge in [-0.2, -0.15) is 0 Å². The molecule has 0 aliphatic carbocycles. The van der Waals surface area contributed by atoms with Crippen molar-refractivity contribution in [1.29, 1.82) is 0 Å². The fourth-order valence-corrected chi connectivity index (χ4v) is 2.21. The lowest BCUT2D eigenvalue weighted by atomic mass is 10.0. The van der Waals surface area contributed by atoms with Crippen LogP contribution in [0.4, 0.5) is 0 Å². The summed E-state index contributed by atoms with van der Waals surface area (Å²) in [7, 11) is 0. The zero-order valence-corrected chi connectivity index (χ0v) is 8.92. The van der Waals surface area contributed by atoms with E-state index in [1.54, 1.807) is 0 Å². The molecule has 0 unspecified atom stereocenters. The molecule has 0 bridgehead atoms. The van der Waals surface area contributed by atoms with Crippen LogP contribution in [0.5, 0.6) is 0 Å². The molecule has 0 amide bonds. The second kappa shape index (κ2) is 4.61. The molecule has 1 heteroatoms. The summed E-state index contributed by atoms with van der Waals surface area (Å²) in [6.07, 6.45) is 5.24. The lowest BCUT2D eigenvalue weighted by Gasteiger charge is -2.09. The summed E-state index contributed by atoms with van der Waals surface area (Å²) in [4.78, 5) is 0. The third-order valence-electron chi connectivity index (χ3n) is 3.03. The van der Waals surface area contributed by atoms with Crippen LogP contribution < -0.4 is 5.32 Å². The van der Waals surface area contributed by atoms with E-state index in [0.717, 1.165) is 6.04 Å². The number of benzene rings is 1. The quantitative estimate of drug-likeness (QED) is 0.771. The Morgan fingerprint density at radius 2 is 2.36 bits per heavy atom. The van der Waals surface area contributed by atoms with Gasteiger partial charge in [0.25, 0.3) is 0 Å². The molecule has 1 fully saturated rings. The van der Waals surface area contributed by atoms with Crippen molar-refractivity contribution in [2.24, 2.45) is 0 Å². The predicted molar refractivity (Wildman–Crippen MR) is 60.5 cm³/mol. The highest BCUT2D eigenvalue weighted by Crippen LogP contribution is 2.13. The molecule has 1 atom stereocenters. The number of hydrogen-bond donors (Lipinski definition) is 1. The lowest BCUT2D eigenvalue weighted by molar-refractivity contribution is 0.559. The Hall–Kier alpha value is -0.820. The topological polar surface area (TPSA) is 12.0 Å². The van der Waals surface area contributed by atoms with Gasteiger partial charge < -0.3 is 5.32 Å². The molecule has 0 saturated carbocycles. The smallest absolute Gasteiger partial charge is 0.00707 e. The summed E-state index contributed by atoms with van der Waals surface area (Å²) < 4.78 is 0. The van der Waals surface area contributed by atoms with Gasteiger partial charge in [-0.15, -0.1) is 0 Å². The summed E-state index contributed by atoms with van der Waals surface area (Å²) in [6, 6.07) is 9.64. The van der Waals surface area contributed by atoms with Gasteiger partial charge in [-0.05, 0) is 44.7 Å². The first kappa shape index (κ1) is 9.72. The molecule has 76 valence electrons. The zero-order chi connectivity index (χ0) is 9.80. The van der Waals surface area contributed by atoms with Crippen molar-refractivity contribution in [3.05, 3.63) is 35.4 Å². The first-order valence-electron chi connectivity index (χ1n) is 5.63. The number of aryl methyl sites for hydroxylation is 2. The van der Waals surface area contributed by atoms with Crippen molar-refractivity contribution in [3.63, 3.8) is 0 Å². The van der Waals surface area contributed by atoms with Crippen LogP contribution in [0.15, 0.2) is 24.3 Å². The van der Waals surface area contributed by atoms with Gasteiger partial charge in [-0.25, -0.2) is 0 Å². The molecule has 2 rings (SSSR count). The Bertz CT molecular complexity index is 287. The van der Waals surface area contributed by atoms with Gasteiger partial charge in [0, 0.05) is 6.04 Å². The largest absolute Gasteiger partial charge is 0.314 e. The molecule has 1 aliphatic rings. The summed E-state index contributed by atoms with van der Waals surface area (Å²) in [5, 5.41) is 3.54. The third-order valence-corrected chi connectivity index (χ3v) is 3.03. The molecule has 1 heterocycles. The van der Waals surface area contributed by atoms with Crippen LogP contribution in [0, 0.1) is 6.92 Å². The summed E-state index contributed by atoms with van der Waals surface area (Å²) in [5.74, 6) is 0. The van der Waals surface area contributed by atoms with Crippen LogP contribution in [0.2, 0.25) is 0 Å². The van der Waals surface area contributed by atoms with Crippen molar-refractivity contribution in [1.82, 2.24) is 5.32 Å². The van der Waals surface area contributed by atoms with Crippen LogP contribution in [-0.4, -0.2) is 12.6 Å². The minimum Gasteiger partial charge on any atom is -0.314 e. The van der Waals surface area contributed by atoms with Crippen molar-refractivity contribution in [2.45, 2.75) is 38.6 Å². The SMILES string of the molecule is Cc1cccc(CC[C@@H]2CCCN2)c1. The number of hydrogen-bond acceptors (Lipinski definition) is 1. The van der Waals surface area contributed by atoms with Gasteiger partial charge in [-0.1, -0.05) is 29.8 Å². The third kappa shape index (κ3) is 2.58. The zero-order valence-electron chi connectivity index (χ0n) is 8.92. The summed E-state index contributed by atoms with van der Waals surface area (Å²) in [6.45, 7) is 3.38. The van der Waals surface area contributed by atoms with Gasteiger partial charge in [0.15, 0.2) is 0 Å². The Balaban J connectivity index is 1.85. The van der Waals surface area contributed by atoms with E-state index in [1.807, 2.05) is 0 Å². The predicted octanol–water partition coefficient (Wildman–Crippen LogP) is 2.68. The molecule has 0 radical (unpaired) electrons. The minimum absolute atomic E-state index is 0.774. The molecule has 0 spiro atoms. The average molecular weight is 189 g/mol. The normalized spacial score (nSPS) is 21.4. The van der Waals surface area contributed by atoms with Crippen molar-refractivity contribution in [3.8, 4) is 0 Å². The highest BCUT2D eigenvalue weighted by atomic mass is 14.9. The van der Waals surface area contributed by atoms with Crippen LogP contribution >= 0.6 is 0 Å². The first-order valence-corrected chi connectivity index (χ1v) is 5.63. The fourth-order valence-electron chi connectivity index (χ4n) is 2.21. The van der Waals surface area contributed by atoms with E-state index in [-0.39, 0.29) is 0 Å². The standard InChI is InChI=1S/C13H19N/c1-11-4-2-5-12(10-11)7-8-13-6-3-9-14-13/h2,4-5,10,13-14H,3,6-9H2,1H3/t13-/m0/s1. The molecule has 1 aromatic carbocycles. The van der Waals surface area contributed by atoms with E-state index in [2.05, 4.69) is 36.5 Å². The number of nitrogens with one attached hydrogen (secondary N) is 1. The van der Waals surface area contributed by atoms with E-state index in [4.69, 9.17) is 0 Å². The van der Waals surface area contributed by atoms with Gasteiger partial charge in [0.1, 0.15) is 0 Å². The molecule has 1 nitrogen and oxygen atoms in total. The van der Waals surface area contributed by atoms with Gasteiger partial charge in [0.05, 0.1) is 0 Å². The van der Waals surface area contributed by atoms with Gasteiger partial charge >= 0.3 is 0 Å². The first-order chi connectivity index (χ1) is 6.84. The van der Waals surface area contributed by atoms with Gasteiger partial charge in [-0.3, -0.25) is 0 Å². The second-order valence-corrected chi connectivity index (χ2v) is 4.32. The van der Waals surface area contributed by atoms with Crippen molar-refractivity contribution < 1.29 is 0 Å². The summed E-state index contributed by atoms with van der Waals surface area (Å²) >= 11 is 0. The summed E-state index contributed by atoms with van der Waals surface area (Å²) in [5.41, 5.74) is 2.86. The molecule has 1 saturated heterocycles. The highest BCUT2D eigenvalue weighted by molar-refractivity contribution is 5.22. The van der Waals surface area contributed by atoms with E-state index < -0.39 is 0 Å². The minimum atomic E-state index is 0.774. The molecule has 0 aromatic heterocycles. The molecule has 1 aliphatic heterocycles. The molecular weight excluding hydrogens is 170 g/mol. The maximum absolute atomic E-state index is 3.54.